The van der Waals surface area contributed by atoms with Crippen molar-refractivity contribution in [2.24, 2.45) is 0 Å². The molecule has 7 nitrogen and oxygen atoms in total. The number of halogens is 1. The molecule has 2 heterocycles. The molecule has 170 valence electrons. The molecular formula is C24H28FN3O4. The van der Waals surface area contributed by atoms with Gasteiger partial charge in [0.1, 0.15) is 23.1 Å². The number of hydrogen-bond donors (Lipinski definition) is 0. The summed E-state index contributed by atoms with van der Waals surface area (Å²) in [5.74, 6) is -0.563. The van der Waals surface area contributed by atoms with Gasteiger partial charge in [0.2, 0.25) is 0 Å². The monoisotopic (exact) mass is 441 g/mol. The number of amides is 1. The topological polar surface area (TPSA) is 84.6 Å². The zero-order valence-electron chi connectivity index (χ0n) is 19.3. The maximum absolute atomic E-state index is 15.0. The Kier molecular flexibility index (Phi) is 6.05. The van der Waals surface area contributed by atoms with Crippen molar-refractivity contribution >= 4 is 28.7 Å². The van der Waals surface area contributed by atoms with Crippen LogP contribution >= 0.6 is 0 Å². The second-order valence-electron chi connectivity index (χ2n) is 9.74. The lowest BCUT2D eigenvalue weighted by Gasteiger charge is -2.30. The van der Waals surface area contributed by atoms with Crippen LogP contribution in [0.15, 0.2) is 24.4 Å². The molecular weight excluding hydrogens is 413 g/mol. The molecule has 1 aliphatic rings. The van der Waals surface area contributed by atoms with E-state index in [-0.39, 0.29) is 23.0 Å². The van der Waals surface area contributed by atoms with Gasteiger partial charge in [0, 0.05) is 30.2 Å². The minimum atomic E-state index is -0.772. The number of aromatic nitrogens is 1. The van der Waals surface area contributed by atoms with Gasteiger partial charge in [0.25, 0.3) is 0 Å². The minimum absolute atomic E-state index is 0.145. The molecule has 0 radical (unpaired) electrons. The predicted octanol–water partition coefficient (Wildman–Crippen LogP) is 5.46. The lowest BCUT2D eigenvalue weighted by Crippen LogP contribution is -2.39. The molecule has 0 saturated heterocycles. The summed E-state index contributed by atoms with van der Waals surface area (Å²) >= 11 is 0. The summed E-state index contributed by atoms with van der Waals surface area (Å²) < 4.78 is 27.1. The fraction of sp³-hybridized carbons (Fsp3) is 0.458. The second-order valence-corrected chi connectivity index (χ2v) is 9.74. The van der Waals surface area contributed by atoms with Crippen LogP contribution in [-0.4, -0.2) is 45.9 Å². The first kappa shape index (κ1) is 23.3. The Morgan fingerprint density at radius 2 is 1.69 bits per heavy atom. The van der Waals surface area contributed by atoms with Crippen LogP contribution < -0.4 is 0 Å². The summed E-state index contributed by atoms with van der Waals surface area (Å²) in [4.78, 5) is 27.0. The highest BCUT2D eigenvalue weighted by Crippen LogP contribution is 2.34. The molecule has 0 atom stereocenters. The van der Waals surface area contributed by atoms with E-state index >= 15 is 4.39 Å². The first-order chi connectivity index (χ1) is 14.8. The fourth-order valence-electron chi connectivity index (χ4n) is 3.54. The first-order valence-corrected chi connectivity index (χ1v) is 10.4. The molecule has 0 spiro atoms. The maximum Gasteiger partial charge on any atom is 0.419 e. The third-order valence-corrected chi connectivity index (χ3v) is 4.75. The lowest BCUT2D eigenvalue weighted by molar-refractivity contribution is 0.0272. The Balaban J connectivity index is 2.09. The van der Waals surface area contributed by atoms with Crippen molar-refractivity contribution < 1.29 is 23.5 Å². The van der Waals surface area contributed by atoms with Gasteiger partial charge in [-0.25, -0.2) is 14.0 Å². The van der Waals surface area contributed by atoms with Crippen molar-refractivity contribution in [1.29, 1.82) is 5.26 Å². The van der Waals surface area contributed by atoms with Gasteiger partial charge in [-0.05, 0) is 65.7 Å². The number of nitrogens with zero attached hydrogens (tertiary/aromatic N) is 3. The molecule has 0 aliphatic carbocycles. The predicted molar refractivity (Wildman–Crippen MR) is 119 cm³/mol. The van der Waals surface area contributed by atoms with Gasteiger partial charge in [-0.2, -0.15) is 5.26 Å². The number of carbonyl (C=O) groups excluding carboxylic acids is 2. The van der Waals surface area contributed by atoms with Crippen LogP contribution in [0, 0.1) is 17.1 Å². The number of nitriles is 1. The highest BCUT2D eigenvalue weighted by Gasteiger charge is 2.29. The third-order valence-electron chi connectivity index (χ3n) is 4.75. The fourth-order valence-corrected chi connectivity index (χ4v) is 3.54. The molecule has 0 fully saturated rings. The van der Waals surface area contributed by atoms with Gasteiger partial charge in [-0.1, -0.05) is 6.08 Å². The summed E-state index contributed by atoms with van der Waals surface area (Å²) in [6, 6.07) is 4.57. The van der Waals surface area contributed by atoms with Crippen molar-refractivity contribution in [2.75, 3.05) is 13.1 Å². The van der Waals surface area contributed by atoms with Gasteiger partial charge in [-0.3, -0.25) is 4.57 Å². The average Bonchev–Trinajstić information content (AvgIpc) is 3.08. The van der Waals surface area contributed by atoms with Crippen LogP contribution in [0.2, 0.25) is 0 Å². The van der Waals surface area contributed by atoms with Crippen LogP contribution in [0.3, 0.4) is 0 Å². The van der Waals surface area contributed by atoms with Crippen LogP contribution in [0.1, 0.15) is 59.1 Å². The number of ether oxygens (including phenoxy) is 2. The quantitative estimate of drug-likeness (QED) is 0.587. The molecule has 8 heteroatoms. The van der Waals surface area contributed by atoms with E-state index in [1.165, 1.54) is 22.9 Å². The van der Waals surface area contributed by atoms with E-state index < -0.39 is 29.2 Å². The highest BCUT2D eigenvalue weighted by atomic mass is 19.1. The normalized spacial score (nSPS) is 14.7. The largest absolute Gasteiger partial charge is 0.444 e. The van der Waals surface area contributed by atoms with Gasteiger partial charge in [0.05, 0.1) is 11.1 Å². The van der Waals surface area contributed by atoms with E-state index in [4.69, 9.17) is 9.47 Å². The Morgan fingerprint density at radius 1 is 1.06 bits per heavy atom. The van der Waals surface area contributed by atoms with Gasteiger partial charge >= 0.3 is 12.2 Å². The van der Waals surface area contributed by atoms with Crippen molar-refractivity contribution in [3.63, 3.8) is 0 Å². The van der Waals surface area contributed by atoms with Crippen molar-refractivity contribution in [3.05, 3.63) is 41.3 Å². The molecule has 1 amide bonds. The third kappa shape index (κ3) is 4.93. The first-order valence-electron chi connectivity index (χ1n) is 10.4. The number of rotatable bonds is 1. The van der Waals surface area contributed by atoms with Crippen molar-refractivity contribution in [3.8, 4) is 6.07 Å². The van der Waals surface area contributed by atoms with Gasteiger partial charge in [-0.15, -0.1) is 0 Å². The van der Waals surface area contributed by atoms with E-state index in [0.717, 1.165) is 0 Å². The van der Waals surface area contributed by atoms with E-state index in [1.54, 1.807) is 46.4 Å². The van der Waals surface area contributed by atoms with Crippen LogP contribution in [0.25, 0.3) is 16.5 Å². The SMILES string of the molecule is CC(C)(C)OC(=O)N1CCC=C(c2cn(C(=O)OC(C)(C)C)c3c(C#N)ccc(F)c23)C1. The second kappa shape index (κ2) is 8.30. The Morgan fingerprint density at radius 3 is 2.28 bits per heavy atom. The molecule has 0 N–H and O–H groups in total. The molecule has 32 heavy (non-hydrogen) atoms. The molecule has 3 rings (SSSR count). The molecule has 0 unspecified atom stereocenters. The van der Waals surface area contributed by atoms with Gasteiger partial charge in [0.15, 0.2) is 0 Å². The zero-order valence-corrected chi connectivity index (χ0v) is 19.3. The van der Waals surface area contributed by atoms with E-state index in [1.807, 2.05) is 12.1 Å². The van der Waals surface area contributed by atoms with E-state index in [0.29, 0.717) is 24.1 Å². The summed E-state index contributed by atoms with van der Waals surface area (Å²) in [7, 11) is 0. The Hall–Kier alpha value is -3.34. The number of fused-ring (bicyclic) bond motifs is 1. The average molecular weight is 442 g/mol. The summed E-state index contributed by atoms with van der Waals surface area (Å²) in [6.07, 6.45) is 2.77. The molecule has 1 aromatic heterocycles. The zero-order chi connectivity index (χ0) is 23.8. The molecule has 2 aromatic rings. The number of hydrogen-bond acceptors (Lipinski definition) is 5. The molecule has 1 aromatic carbocycles. The summed E-state index contributed by atoms with van der Waals surface area (Å²) in [5, 5.41) is 9.73. The molecule has 0 bridgehead atoms. The summed E-state index contributed by atoms with van der Waals surface area (Å²) in [5.41, 5.74) is -0.00653. The molecule has 1 aliphatic heterocycles. The van der Waals surface area contributed by atoms with Crippen molar-refractivity contribution in [2.45, 2.75) is 59.2 Å². The Bertz CT molecular complexity index is 1140. The van der Waals surface area contributed by atoms with Crippen LogP contribution in [-0.2, 0) is 9.47 Å². The minimum Gasteiger partial charge on any atom is -0.444 e. The van der Waals surface area contributed by atoms with Crippen LogP contribution in [0.4, 0.5) is 14.0 Å². The van der Waals surface area contributed by atoms with Crippen LogP contribution in [0.5, 0.6) is 0 Å². The standard InChI is InChI=1S/C24H28FN3O4/c1-23(2,3)31-21(29)27-11-7-8-16(13-27)17-14-28(22(30)32-24(4,5)6)20-15(12-26)9-10-18(25)19(17)20/h8-10,14H,7,11,13H2,1-6H3. The number of carbonyl (C=O) groups is 2. The van der Waals surface area contributed by atoms with E-state index in [2.05, 4.69) is 0 Å². The van der Waals surface area contributed by atoms with Crippen molar-refractivity contribution in [1.82, 2.24) is 9.47 Å². The number of benzene rings is 1. The van der Waals surface area contributed by atoms with Gasteiger partial charge < -0.3 is 14.4 Å². The maximum atomic E-state index is 15.0. The lowest BCUT2D eigenvalue weighted by atomic mass is 9.99. The molecule has 0 saturated carbocycles. The summed E-state index contributed by atoms with van der Waals surface area (Å²) in [6.45, 7) is 11.2. The van der Waals surface area contributed by atoms with E-state index in [9.17, 15) is 14.9 Å². The smallest absolute Gasteiger partial charge is 0.419 e. The highest BCUT2D eigenvalue weighted by molar-refractivity contribution is 6.01. The Labute approximate surface area is 187 Å².